The van der Waals surface area contributed by atoms with Crippen molar-refractivity contribution >= 4 is 41.9 Å². The highest BCUT2D eigenvalue weighted by Crippen LogP contribution is 2.36. The van der Waals surface area contributed by atoms with Gasteiger partial charge in [-0.05, 0) is 50.1 Å². The Morgan fingerprint density at radius 1 is 1.14 bits per heavy atom. The summed E-state index contributed by atoms with van der Waals surface area (Å²) in [6.45, 7) is 0.0125. The van der Waals surface area contributed by atoms with Crippen LogP contribution in [0.4, 0.5) is 4.39 Å². The predicted octanol–water partition coefficient (Wildman–Crippen LogP) is 3.58. The van der Waals surface area contributed by atoms with E-state index >= 15 is 0 Å². The summed E-state index contributed by atoms with van der Waals surface area (Å²) in [6.07, 6.45) is 0. The minimum Gasteiger partial charge on any atom is -0.486 e. The average molecular weight is 439 g/mol. The van der Waals surface area contributed by atoms with Crippen molar-refractivity contribution in [1.82, 2.24) is 0 Å². The third-order valence-corrected chi connectivity index (χ3v) is 4.70. The highest BCUT2D eigenvalue weighted by molar-refractivity contribution is 9.11. The van der Waals surface area contributed by atoms with E-state index in [1.165, 1.54) is 18.2 Å². The van der Waals surface area contributed by atoms with Gasteiger partial charge in [-0.15, -0.1) is 0 Å². The van der Waals surface area contributed by atoms with E-state index in [1.54, 1.807) is 18.2 Å². The topological polar surface area (TPSA) is 69.4 Å². The van der Waals surface area contributed by atoms with Crippen LogP contribution < -0.4 is 9.88 Å². The van der Waals surface area contributed by atoms with Crippen LogP contribution in [0.25, 0.3) is 0 Å². The van der Waals surface area contributed by atoms with E-state index in [-0.39, 0.29) is 17.3 Å². The largest absolute Gasteiger partial charge is 0.486 e. The van der Waals surface area contributed by atoms with Crippen molar-refractivity contribution in [2.45, 2.75) is 11.5 Å². The van der Waals surface area contributed by atoms with E-state index in [0.29, 0.717) is 20.3 Å². The number of halogens is 3. The molecule has 0 amide bonds. The molecule has 0 fully saturated rings. The lowest BCUT2D eigenvalue weighted by Gasteiger charge is -2.12. The van der Waals surface area contributed by atoms with Gasteiger partial charge in [-0.25, -0.2) is 17.9 Å². The smallest absolute Gasteiger partial charge is 0.238 e. The summed E-state index contributed by atoms with van der Waals surface area (Å²) in [5.74, 6) is -0.00319. The summed E-state index contributed by atoms with van der Waals surface area (Å²) in [5, 5.41) is 5.07. The summed E-state index contributed by atoms with van der Waals surface area (Å²) >= 11 is 6.43. The molecule has 2 aromatic rings. The van der Waals surface area contributed by atoms with Gasteiger partial charge in [0.1, 0.15) is 18.2 Å². The van der Waals surface area contributed by atoms with Crippen molar-refractivity contribution in [2.24, 2.45) is 5.14 Å². The maximum absolute atomic E-state index is 13.5. The van der Waals surface area contributed by atoms with Gasteiger partial charge in [0.2, 0.25) is 10.0 Å². The van der Waals surface area contributed by atoms with E-state index in [1.807, 2.05) is 0 Å². The summed E-state index contributed by atoms with van der Waals surface area (Å²) in [7, 11) is -3.81. The molecule has 2 aromatic carbocycles. The molecular weight excluding hydrogens is 429 g/mol. The van der Waals surface area contributed by atoms with Crippen molar-refractivity contribution in [2.75, 3.05) is 0 Å². The second-order valence-electron chi connectivity index (χ2n) is 4.14. The fraction of sp³-hybridized carbons (Fsp3) is 0.0769. The lowest BCUT2D eigenvalue weighted by Crippen LogP contribution is -2.12. The summed E-state index contributed by atoms with van der Waals surface area (Å²) in [4.78, 5) is -0.0560. The summed E-state index contributed by atoms with van der Waals surface area (Å²) < 4.78 is 42.5. The Kier molecular flexibility index (Phi) is 5.03. The first-order valence-electron chi connectivity index (χ1n) is 5.67. The molecule has 0 bridgehead atoms. The molecular formula is C13H10Br2FNO3S. The molecule has 0 spiro atoms. The van der Waals surface area contributed by atoms with Gasteiger partial charge in [0.15, 0.2) is 0 Å². The third-order valence-electron chi connectivity index (χ3n) is 2.63. The van der Waals surface area contributed by atoms with Gasteiger partial charge in [-0.1, -0.05) is 18.2 Å². The fourth-order valence-electron chi connectivity index (χ4n) is 1.60. The number of rotatable bonds is 4. The molecule has 8 heteroatoms. The average Bonchev–Trinajstić information content (AvgIpc) is 2.38. The van der Waals surface area contributed by atoms with Crippen molar-refractivity contribution in [3.63, 3.8) is 0 Å². The third kappa shape index (κ3) is 4.03. The van der Waals surface area contributed by atoms with Crippen LogP contribution in [0, 0.1) is 5.82 Å². The lowest BCUT2D eigenvalue weighted by atomic mass is 10.2. The second kappa shape index (κ2) is 6.43. The van der Waals surface area contributed by atoms with E-state index in [2.05, 4.69) is 31.9 Å². The van der Waals surface area contributed by atoms with Crippen molar-refractivity contribution < 1.29 is 17.5 Å². The molecule has 2 rings (SSSR count). The first kappa shape index (κ1) is 16.4. The van der Waals surface area contributed by atoms with Crippen LogP contribution in [0.2, 0.25) is 0 Å². The number of hydrogen-bond donors (Lipinski definition) is 1. The van der Waals surface area contributed by atoms with Crippen LogP contribution in [-0.2, 0) is 16.6 Å². The molecule has 0 aromatic heterocycles. The minimum atomic E-state index is -3.81. The maximum Gasteiger partial charge on any atom is 0.238 e. The maximum atomic E-state index is 13.5. The highest BCUT2D eigenvalue weighted by atomic mass is 79.9. The van der Waals surface area contributed by atoms with Crippen molar-refractivity contribution in [1.29, 1.82) is 0 Å². The number of hydrogen-bond acceptors (Lipinski definition) is 3. The number of benzene rings is 2. The predicted molar refractivity (Wildman–Crippen MR) is 83.9 cm³/mol. The molecule has 4 nitrogen and oxygen atoms in total. The Morgan fingerprint density at radius 3 is 2.24 bits per heavy atom. The van der Waals surface area contributed by atoms with E-state index in [4.69, 9.17) is 9.88 Å². The normalized spacial score (nSPS) is 11.4. The van der Waals surface area contributed by atoms with Gasteiger partial charge in [0.25, 0.3) is 0 Å². The standard InChI is InChI=1S/C13H10Br2FNO3S/c14-10-5-9(21(17,18)19)6-11(15)13(10)20-7-8-3-1-2-4-12(8)16/h1-6H,7H2,(H2,17,18,19). The monoisotopic (exact) mass is 437 g/mol. The molecule has 21 heavy (non-hydrogen) atoms. The Labute approximate surface area is 138 Å². The fourth-order valence-corrected chi connectivity index (χ4v) is 3.89. The first-order chi connectivity index (χ1) is 9.79. The van der Waals surface area contributed by atoms with Crippen LogP contribution in [0.1, 0.15) is 5.56 Å². The summed E-state index contributed by atoms with van der Waals surface area (Å²) in [6, 6.07) is 8.90. The van der Waals surface area contributed by atoms with E-state index in [9.17, 15) is 12.8 Å². The van der Waals surface area contributed by atoms with Crippen molar-refractivity contribution in [3.8, 4) is 5.75 Å². The Hall–Kier alpha value is -0.960. The molecule has 0 saturated carbocycles. The number of sulfonamides is 1. The first-order valence-corrected chi connectivity index (χ1v) is 8.80. The zero-order valence-electron chi connectivity index (χ0n) is 10.5. The Morgan fingerprint density at radius 2 is 1.71 bits per heavy atom. The van der Waals surface area contributed by atoms with Crippen molar-refractivity contribution in [3.05, 3.63) is 56.7 Å². The van der Waals surface area contributed by atoms with E-state index in [0.717, 1.165) is 0 Å². The zero-order chi connectivity index (χ0) is 15.6. The molecule has 0 heterocycles. The van der Waals surface area contributed by atoms with Gasteiger partial charge in [0.05, 0.1) is 13.8 Å². The minimum absolute atomic E-state index is 0.0125. The Balaban J connectivity index is 2.28. The van der Waals surface area contributed by atoms with Gasteiger partial charge >= 0.3 is 0 Å². The molecule has 0 aliphatic heterocycles. The van der Waals surface area contributed by atoms with Crippen LogP contribution in [-0.4, -0.2) is 8.42 Å². The van der Waals surface area contributed by atoms with Gasteiger partial charge in [0, 0.05) is 5.56 Å². The van der Waals surface area contributed by atoms with Crippen LogP contribution in [0.5, 0.6) is 5.75 Å². The second-order valence-corrected chi connectivity index (χ2v) is 7.41. The molecule has 2 N–H and O–H groups in total. The van der Waals surface area contributed by atoms with Gasteiger partial charge in [-0.2, -0.15) is 0 Å². The lowest BCUT2D eigenvalue weighted by molar-refractivity contribution is 0.296. The Bertz CT molecular complexity index is 758. The zero-order valence-corrected chi connectivity index (χ0v) is 14.5. The summed E-state index contributed by atoms with van der Waals surface area (Å²) in [5.41, 5.74) is 0.395. The van der Waals surface area contributed by atoms with Gasteiger partial charge < -0.3 is 4.74 Å². The molecule has 0 aliphatic carbocycles. The molecule has 0 unspecified atom stereocenters. The number of ether oxygens (including phenoxy) is 1. The molecule has 0 atom stereocenters. The number of primary sulfonamides is 1. The van der Waals surface area contributed by atoms with Gasteiger partial charge in [-0.3, -0.25) is 0 Å². The molecule has 0 radical (unpaired) electrons. The molecule has 112 valence electrons. The number of nitrogens with two attached hydrogens (primary N) is 1. The van der Waals surface area contributed by atoms with Crippen LogP contribution in [0.3, 0.4) is 0 Å². The molecule has 0 aliphatic rings. The van der Waals surface area contributed by atoms with Crippen LogP contribution in [0.15, 0.2) is 50.2 Å². The van der Waals surface area contributed by atoms with E-state index < -0.39 is 10.0 Å². The van der Waals surface area contributed by atoms with Crippen LogP contribution >= 0.6 is 31.9 Å². The molecule has 0 saturated heterocycles. The highest BCUT2D eigenvalue weighted by Gasteiger charge is 2.15. The SMILES string of the molecule is NS(=O)(=O)c1cc(Br)c(OCc2ccccc2F)c(Br)c1. The quantitative estimate of drug-likeness (QED) is 0.793.